The minimum Gasteiger partial charge on any atom is -0.456 e. The van der Waals surface area contributed by atoms with Gasteiger partial charge in [0.25, 0.3) is 0 Å². The highest BCUT2D eigenvalue weighted by molar-refractivity contribution is 7.26. The Morgan fingerprint density at radius 2 is 0.927 bits per heavy atom. The Morgan fingerprint density at radius 1 is 0.364 bits per heavy atom. The van der Waals surface area contributed by atoms with Gasteiger partial charge in [-0.1, -0.05) is 146 Å². The molecule has 0 fully saturated rings. The minimum atomic E-state index is 0.888. The molecule has 11 rings (SSSR count). The topological polar surface area (TPSA) is 16.4 Å². The van der Waals surface area contributed by atoms with Gasteiger partial charge >= 0.3 is 0 Å². The van der Waals surface area contributed by atoms with Crippen LogP contribution in [0.1, 0.15) is 0 Å². The fourth-order valence-corrected chi connectivity index (χ4v) is 9.50. The van der Waals surface area contributed by atoms with Crippen LogP contribution in [-0.2, 0) is 0 Å². The third-order valence-electron chi connectivity index (χ3n) is 10.9. The van der Waals surface area contributed by atoms with Crippen molar-refractivity contribution in [3.63, 3.8) is 0 Å². The Balaban J connectivity index is 1.05. The third-order valence-corrected chi connectivity index (χ3v) is 12.1. The van der Waals surface area contributed by atoms with Crippen LogP contribution in [0.5, 0.6) is 0 Å². The zero-order chi connectivity index (χ0) is 36.3. The first-order chi connectivity index (χ1) is 27.3. The quantitative estimate of drug-likeness (QED) is 0.170. The van der Waals surface area contributed by atoms with Gasteiger partial charge in [0, 0.05) is 47.9 Å². The molecule has 0 saturated heterocycles. The van der Waals surface area contributed by atoms with Gasteiger partial charge in [-0.15, -0.1) is 11.3 Å². The van der Waals surface area contributed by atoms with E-state index in [1.54, 1.807) is 0 Å². The summed E-state index contributed by atoms with van der Waals surface area (Å²) in [6.07, 6.45) is 0. The van der Waals surface area contributed by atoms with Crippen molar-refractivity contribution in [2.75, 3.05) is 4.90 Å². The first-order valence-corrected chi connectivity index (χ1v) is 19.5. The number of furan rings is 1. The van der Waals surface area contributed by atoms with E-state index in [-0.39, 0.29) is 0 Å². The maximum atomic E-state index is 6.36. The SMILES string of the molecule is c1ccc(N(c2ccc(-c3cccc4ccccc34)cc2)c2ccc(-c3cccc4c3sc3ccccc34)cc2)c(-c2ccc3c(c2)oc2ccccc23)c1. The van der Waals surface area contributed by atoms with Crippen LogP contribution in [0.4, 0.5) is 17.1 Å². The van der Waals surface area contributed by atoms with Gasteiger partial charge in [-0.3, -0.25) is 0 Å². The summed E-state index contributed by atoms with van der Waals surface area (Å²) in [5.41, 5.74) is 12.2. The molecule has 0 unspecified atom stereocenters. The van der Waals surface area contributed by atoms with Crippen molar-refractivity contribution >= 4 is 81.3 Å². The van der Waals surface area contributed by atoms with Crippen LogP contribution in [0.3, 0.4) is 0 Å². The minimum absolute atomic E-state index is 0.888. The molecule has 3 heteroatoms. The van der Waals surface area contributed by atoms with Crippen molar-refractivity contribution in [3.05, 3.63) is 200 Å². The summed E-state index contributed by atoms with van der Waals surface area (Å²) in [6, 6.07) is 72.2. The number of hydrogen-bond acceptors (Lipinski definition) is 3. The predicted molar refractivity (Wildman–Crippen MR) is 235 cm³/mol. The number of rotatable bonds is 6. The molecule has 258 valence electrons. The molecule has 55 heavy (non-hydrogen) atoms. The van der Waals surface area contributed by atoms with Gasteiger partial charge in [-0.05, 0) is 93.2 Å². The molecule has 0 aliphatic carbocycles. The average molecular weight is 720 g/mol. The van der Waals surface area contributed by atoms with Crippen molar-refractivity contribution in [2.45, 2.75) is 0 Å². The monoisotopic (exact) mass is 719 g/mol. The lowest BCUT2D eigenvalue weighted by Gasteiger charge is -2.28. The molecule has 0 amide bonds. The van der Waals surface area contributed by atoms with Gasteiger partial charge in [-0.2, -0.15) is 0 Å². The van der Waals surface area contributed by atoms with E-state index >= 15 is 0 Å². The Hall–Kier alpha value is -6.94. The smallest absolute Gasteiger partial charge is 0.136 e. The molecule has 0 radical (unpaired) electrons. The summed E-state index contributed by atoms with van der Waals surface area (Å²) in [6.45, 7) is 0. The summed E-state index contributed by atoms with van der Waals surface area (Å²) < 4.78 is 9.00. The number of anilines is 3. The first-order valence-electron chi connectivity index (χ1n) is 18.7. The zero-order valence-corrected chi connectivity index (χ0v) is 30.6. The highest BCUT2D eigenvalue weighted by Gasteiger charge is 2.19. The number of hydrogen-bond donors (Lipinski definition) is 0. The van der Waals surface area contributed by atoms with Crippen LogP contribution in [0, 0.1) is 0 Å². The largest absolute Gasteiger partial charge is 0.456 e. The lowest BCUT2D eigenvalue weighted by Crippen LogP contribution is -2.11. The van der Waals surface area contributed by atoms with Gasteiger partial charge in [0.1, 0.15) is 11.2 Å². The molecule has 2 aromatic heterocycles. The molecule has 2 nitrogen and oxygen atoms in total. The molecule has 9 aromatic carbocycles. The summed E-state index contributed by atoms with van der Waals surface area (Å²) >= 11 is 1.87. The van der Waals surface area contributed by atoms with E-state index in [0.29, 0.717) is 0 Å². The van der Waals surface area contributed by atoms with E-state index in [1.807, 2.05) is 23.5 Å². The predicted octanol–water partition coefficient (Wildman–Crippen LogP) is 15.6. The molecule has 2 heterocycles. The Bertz CT molecular complexity index is 3200. The van der Waals surface area contributed by atoms with Crippen molar-refractivity contribution < 1.29 is 4.42 Å². The van der Waals surface area contributed by atoms with Gasteiger partial charge in [0.15, 0.2) is 0 Å². The van der Waals surface area contributed by atoms with E-state index in [1.165, 1.54) is 53.2 Å². The second-order valence-electron chi connectivity index (χ2n) is 14.1. The number of para-hydroxylation sites is 2. The standard InChI is InChI=1S/C52H33NOS/c1-2-13-40-34(11-1)12-9-17-41(40)35-23-28-38(29-24-35)53(39-30-25-36(26-31-39)43-18-10-19-47-46-16-5-8-22-51(46)55-52(43)47)48-20-6-3-14-42(48)37-27-32-45-44-15-4-7-21-49(44)54-50(45)33-37/h1-33H. The van der Waals surface area contributed by atoms with E-state index in [9.17, 15) is 0 Å². The summed E-state index contributed by atoms with van der Waals surface area (Å²) in [4.78, 5) is 2.38. The molecular weight excluding hydrogens is 687 g/mol. The van der Waals surface area contributed by atoms with E-state index in [2.05, 4.69) is 193 Å². The van der Waals surface area contributed by atoms with E-state index in [0.717, 1.165) is 50.1 Å². The van der Waals surface area contributed by atoms with Gasteiger partial charge in [0.2, 0.25) is 0 Å². The number of benzene rings is 9. The maximum Gasteiger partial charge on any atom is 0.136 e. The van der Waals surface area contributed by atoms with Crippen LogP contribution in [0.25, 0.3) is 86.3 Å². The van der Waals surface area contributed by atoms with Gasteiger partial charge in [-0.25, -0.2) is 0 Å². The zero-order valence-electron chi connectivity index (χ0n) is 29.8. The average Bonchev–Trinajstić information content (AvgIpc) is 3.83. The third kappa shape index (κ3) is 5.32. The summed E-state index contributed by atoms with van der Waals surface area (Å²) in [7, 11) is 0. The lowest BCUT2D eigenvalue weighted by molar-refractivity contribution is 0.669. The van der Waals surface area contributed by atoms with E-state index in [4.69, 9.17) is 4.42 Å². The molecule has 0 aliphatic rings. The molecule has 0 atom stereocenters. The second kappa shape index (κ2) is 12.9. The fourth-order valence-electron chi connectivity index (χ4n) is 8.27. The first kappa shape index (κ1) is 31.6. The fraction of sp³-hybridized carbons (Fsp3) is 0. The van der Waals surface area contributed by atoms with Crippen molar-refractivity contribution in [1.82, 2.24) is 0 Å². The molecule has 0 saturated carbocycles. The number of thiophene rings is 1. The number of nitrogens with zero attached hydrogens (tertiary/aromatic N) is 1. The van der Waals surface area contributed by atoms with E-state index < -0.39 is 0 Å². The van der Waals surface area contributed by atoms with Gasteiger partial charge in [0.05, 0.1) is 5.69 Å². The summed E-state index contributed by atoms with van der Waals surface area (Å²) in [5, 5.41) is 7.39. The highest BCUT2D eigenvalue weighted by atomic mass is 32.1. The molecule has 0 N–H and O–H groups in total. The molecule has 0 aliphatic heterocycles. The Morgan fingerprint density at radius 3 is 1.76 bits per heavy atom. The van der Waals surface area contributed by atoms with Crippen LogP contribution in [-0.4, -0.2) is 0 Å². The second-order valence-corrected chi connectivity index (χ2v) is 15.1. The Kier molecular flexibility index (Phi) is 7.39. The van der Waals surface area contributed by atoms with Crippen LogP contribution >= 0.6 is 11.3 Å². The van der Waals surface area contributed by atoms with Crippen molar-refractivity contribution in [2.24, 2.45) is 0 Å². The molecule has 0 bridgehead atoms. The van der Waals surface area contributed by atoms with Crippen LogP contribution in [0.15, 0.2) is 205 Å². The maximum absolute atomic E-state index is 6.36. The molecule has 11 aromatic rings. The molecule has 0 spiro atoms. The number of fused-ring (bicyclic) bond motifs is 7. The molecular formula is C52H33NOS. The lowest BCUT2D eigenvalue weighted by atomic mass is 9.97. The van der Waals surface area contributed by atoms with Crippen LogP contribution < -0.4 is 4.90 Å². The van der Waals surface area contributed by atoms with Crippen LogP contribution in [0.2, 0.25) is 0 Å². The normalized spacial score (nSPS) is 11.6. The van der Waals surface area contributed by atoms with Gasteiger partial charge < -0.3 is 9.32 Å². The Labute approximate surface area is 322 Å². The summed E-state index contributed by atoms with van der Waals surface area (Å²) in [5.74, 6) is 0. The van der Waals surface area contributed by atoms with Crippen molar-refractivity contribution in [3.8, 4) is 33.4 Å². The van der Waals surface area contributed by atoms with Crippen molar-refractivity contribution in [1.29, 1.82) is 0 Å². The highest BCUT2D eigenvalue weighted by Crippen LogP contribution is 2.45.